The van der Waals surface area contributed by atoms with Gasteiger partial charge in [-0.25, -0.2) is 0 Å². The van der Waals surface area contributed by atoms with Gasteiger partial charge in [0.2, 0.25) is 5.91 Å². The predicted octanol–water partition coefficient (Wildman–Crippen LogP) is 2.99. The second kappa shape index (κ2) is 9.35. The second-order valence-corrected chi connectivity index (χ2v) is 6.79. The summed E-state index contributed by atoms with van der Waals surface area (Å²) in [6.07, 6.45) is 1.16. The molecule has 2 aromatic rings. The summed E-state index contributed by atoms with van der Waals surface area (Å²) < 4.78 is 15.8. The number of aryl methyl sites for hydroxylation is 1. The zero-order valence-corrected chi connectivity index (χ0v) is 16.8. The Bertz CT molecular complexity index is 761. The van der Waals surface area contributed by atoms with Crippen LogP contribution in [0.25, 0.3) is 0 Å². The van der Waals surface area contributed by atoms with E-state index in [4.69, 9.17) is 14.2 Å². The Labute approximate surface area is 166 Å². The van der Waals surface area contributed by atoms with Gasteiger partial charge in [0.1, 0.15) is 17.2 Å². The van der Waals surface area contributed by atoms with Crippen molar-refractivity contribution < 1.29 is 19.0 Å². The Morgan fingerprint density at radius 1 is 0.821 bits per heavy atom. The molecule has 6 nitrogen and oxygen atoms in total. The van der Waals surface area contributed by atoms with Crippen LogP contribution in [0.5, 0.6) is 17.2 Å². The standard InChI is InChI=1S/C22H28N2O4/c1-26-19-7-5-18(6-8-19)23-10-12-24(13-11-23)22(25)9-4-17-14-20(27-2)16-21(15-17)28-3/h5-8,14-16H,4,9-13H2,1-3H3. The maximum Gasteiger partial charge on any atom is 0.223 e. The highest BCUT2D eigenvalue weighted by atomic mass is 16.5. The van der Waals surface area contributed by atoms with Crippen molar-refractivity contribution >= 4 is 11.6 Å². The molecule has 0 aromatic heterocycles. The summed E-state index contributed by atoms with van der Waals surface area (Å²) in [5.41, 5.74) is 2.21. The van der Waals surface area contributed by atoms with Crippen LogP contribution < -0.4 is 19.1 Å². The van der Waals surface area contributed by atoms with Crippen LogP contribution in [0.3, 0.4) is 0 Å². The molecule has 0 N–H and O–H groups in total. The fourth-order valence-corrected chi connectivity index (χ4v) is 3.43. The molecule has 1 heterocycles. The van der Waals surface area contributed by atoms with Gasteiger partial charge in [-0.3, -0.25) is 4.79 Å². The fourth-order valence-electron chi connectivity index (χ4n) is 3.43. The van der Waals surface area contributed by atoms with Gasteiger partial charge in [-0.1, -0.05) is 0 Å². The molecule has 0 radical (unpaired) electrons. The van der Waals surface area contributed by atoms with E-state index in [-0.39, 0.29) is 5.91 Å². The molecule has 0 saturated carbocycles. The number of benzene rings is 2. The van der Waals surface area contributed by atoms with E-state index in [0.717, 1.165) is 54.7 Å². The molecule has 0 aliphatic carbocycles. The van der Waals surface area contributed by atoms with Gasteiger partial charge in [0, 0.05) is 44.4 Å². The van der Waals surface area contributed by atoms with Crippen LogP contribution in [0.4, 0.5) is 5.69 Å². The summed E-state index contributed by atoms with van der Waals surface area (Å²) in [6, 6.07) is 13.8. The Morgan fingerprint density at radius 2 is 1.39 bits per heavy atom. The lowest BCUT2D eigenvalue weighted by Crippen LogP contribution is -2.48. The number of ether oxygens (including phenoxy) is 3. The molecule has 28 heavy (non-hydrogen) atoms. The van der Waals surface area contributed by atoms with E-state index >= 15 is 0 Å². The number of hydrogen-bond acceptors (Lipinski definition) is 5. The average Bonchev–Trinajstić information content (AvgIpc) is 2.77. The van der Waals surface area contributed by atoms with Crippen LogP contribution in [0.1, 0.15) is 12.0 Å². The quantitative estimate of drug-likeness (QED) is 0.735. The van der Waals surface area contributed by atoms with Gasteiger partial charge in [-0.05, 0) is 48.4 Å². The van der Waals surface area contributed by atoms with Crippen molar-refractivity contribution in [2.45, 2.75) is 12.8 Å². The lowest BCUT2D eigenvalue weighted by Gasteiger charge is -2.36. The number of amides is 1. The minimum atomic E-state index is 0.191. The smallest absolute Gasteiger partial charge is 0.223 e. The van der Waals surface area contributed by atoms with Gasteiger partial charge < -0.3 is 24.0 Å². The monoisotopic (exact) mass is 384 g/mol. The topological polar surface area (TPSA) is 51.2 Å². The number of carbonyl (C=O) groups is 1. The van der Waals surface area contributed by atoms with E-state index in [2.05, 4.69) is 17.0 Å². The van der Waals surface area contributed by atoms with E-state index < -0.39 is 0 Å². The van der Waals surface area contributed by atoms with Crippen LogP contribution in [0.2, 0.25) is 0 Å². The Kier molecular flexibility index (Phi) is 6.63. The van der Waals surface area contributed by atoms with Gasteiger partial charge in [0.15, 0.2) is 0 Å². The zero-order valence-electron chi connectivity index (χ0n) is 16.8. The lowest BCUT2D eigenvalue weighted by molar-refractivity contribution is -0.131. The van der Waals surface area contributed by atoms with E-state index in [1.807, 2.05) is 35.2 Å². The Morgan fingerprint density at radius 3 is 1.93 bits per heavy atom. The van der Waals surface area contributed by atoms with E-state index in [9.17, 15) is 4.79 Å². The van der Waals surface area contributed by atoms with Crippen LogP contribution in [0.15, 0.2) is 42.5 Å². The van der Waals surface area contributed by atoms with Gasteiger partial charge in [0.25, 0.3) is 0 Å². The van der Waals surface area contributed by atoms with Crippen LogP contribution in [-0.2, 0) is 11.2 Å². The highest BCUT2D eigenvalue weighted by molar-refractivity contribution is 5.77. The molecule has 0 atom stereocenters. The van der Waals surface area contributed by atoms with Crippen molar-refractivity contribution in [2.75, 3.05) is 52.4 Å². The van der Waals surface area contributed by atoms with Crippen molar-refractivity contribution in [3.63, 3.8) is 0 Å². The number of nitrogens with zero attached hydrogens (tertiary/aromatic N) is 2. The fraction of sp³-hybridized carbons (Fsp3) is 0.409. The number of methoxy groups -OCH3 is 3. The third-order valence-corrected chi connectivity index (χ3v) is 5.11. The van der Waals surface area contributed by atoms with Gasteiger partial charge in [-0.15, -0.1) is 0 Å². The van der Waals surface area contributed by atoms with Crippen molar-refractivity contribution in [3.8, 4) is 17.2 Å². The predicted molar refractivity (Wildman–Crippen MR) is 110 cm³/mol. The van der Waals surface area contributed by atoms with E-state index in [0.29, 0.717) is 12.8 Å². The van der Waals surface area contributed by atoms with Crippen molar-refractivity contribution in [1.82, 2.24) is 4.90 Å². The molecule has 1 saturated heterocycles. The Hall–Kier alpha value is -2.89. The number of piperazine rings is 1. The van der Waals surface area contributed by atoms with Gasteiger partial charge >= 0.3 is 0 Å². The number of rotatable bonds is 7. The first-order chi connectivity index (χ1) is 13.6. The molecule has 0 bridgehead atoms. The van der Waals surface area contributed by atoms with E-state index in [1.54, 1.807) is 21.3 Å². The molecule has 1 fully saturated rings. The number of anilines is 1. The number of hydrogen-bond donors (Lipinski definition) is 0. The third-order valence-electron chi connectivity index (χ3n) is 5.11. The summed E-state index contributed by atoms with van der Waals surface area (Å²) in [4.78, 5) is 16.9. The van der Waals surface area contributed by atoms with Crippen LogP contribution in [0, 0.1) is 0 Å². The average molecular weight is 384 g/mol. The molecule has 150 valence electrons. The first-order valence-electron chi connectivity index (χ1n) is 9.51. The van der Waals surface area contributed by atoms with Crippen LogP contribution >= 0.6 is 0 Å². The summed E-state index contributed by atoms with van der Waals surface area (Å²) in [5.74, 6) is 2.53. The second-order valence-electron chi connectivity index (χ2n) is 6.79. The highest BCUT2D eigenvalue weighted by Gasteiger charge is 2.21. The lowest BCUT2D eigenvalue weighted by atomic mass is 10.1. The maximum atomic E-state index is 12.6. The molecule has 3 rings (SSSR count). The van der Waals surface area contributed by atoms with Crippen molar-refractivity contribution in [3.05, 3.63) is 48.0 Å². The number of carbonyl (C=O) groups excluding carboxylic acids is 1. The molecule has 6 heteroatoms. The van der Waals surface area contributed by atoms with E-state index in [1.165, 1.54) is 0 Å². The zero-order chi connectivity index (χ0) is 19.9. The van der Waals surface area contributed by atoms with Crippen molar-refractivity contribution in [2.24, 2.45) is 0 Å². The largest absolute Gasteiger partial charge is 0.497 e. The summed E-state index contributed by atoms with van der Waals surface area (Å²) in [7, 11) is 4.93. The molecule has 1 amide bonds. The summed E-state index contributed by atoms with van der Waals surface area (Å²) >= 11 is 0. The molecular formula is C22H28N2O4. The van der Waals surface area contributed by atoms with Gasteiger partial charge in [-0.2, -0.15) is 0 Å². The van der Waals surface area contributed by atoms with Crippen LogP contribution in [-0.4, -0.2) is 58.3 Å². The first-order valence-corrected chi connectivity index (χ1v) is 9.51. The molecule has 1 aliphatic heterocycles. The summed E-state index contributed by atoms with van der Waals surface area (Å²) in [5, 5.41) is 0. The molecular weight excluding hydrogens is 356 g/mol. The van der Waals surface area contributed by atoms with Crippen molar-refractivity contribution in [1.29, 1.82) is 0 Å². The SMILES string of the molecule is COc1ccc(N2CCN(C(=O)CCc3cc(OC)cc(OC)c3)CC2)cc1. The normalized spacial score (nSPS) is 14.0. The molecule has 1 aliphatic rings. The molecule has 2 aromatic carbocycles. The molecule has 0 unspecified atom stereocenters. The highest BCUT2D eigenvalue weighted by Crippen LogP contribution is 2.24. The Balaban J connectivity index is 1.51. The minimum absolute atomic E-state index is 0.191. The first kappa shape index (κ1) is 19.9. The maximum absolute atomic E-state index is 12.6. The third kappa shape index (κ3) is 4.88. The van der Waals surface area contributed by atoms with Gasteiger partial charge in [0.05, 0.1) is 21.3 Å². The molecule has 0 spiro atoms. The minimum Gasteiger partial charge on any atom is -0.497 e. The summed E-state index contributed by atoms with van der Waals surface area (Å²) in [6.45, 7) is 3.16.